The molecular weight excluding hydrogens is 260 g/mol. The van der Waals surface area contributed by atoms with Gasteiger partial charge in [0, 0.05) is 6.54 Å². The van der Waals surface area contributed by atoms with Crippen LogP contribution in [0.5, 0.6) is 5.75 Å². The zero-order valence-corrected chi connectivity index (χ0v) is 11.3. The molecule has 0 aliphatic carbocycles. The van der Waals surface area contributed by atoms with E-state index in [1.807, 2.05) is 13.0 Å². The Morgan fingerprint density at radius 2 is 2.20 bits per heavy atom. The quantitative estimate of drug-likeness (QED) is 0.812. The highest BCUT2D eigenvalue weighted by molar-refractivity contribution is 6.03. The van der Waals surface area contributed by atoms with Gasteiger partial charge in [-0.1, -0.05) is 19.1 Å². The van der Waals surface area contributed by atoms with Gasteiger partial charge in [-0.25, -0.2) is 0 Å². The van der Waals surface area contributed by atoms with Crippen LogP contribution in [0.2, 0.25) is 0 Å². The number of nitrogens with zero attached hydrogens (tertiary/aromatic N) is 1. The second kappa shape index (κ2) is 6.38. The summed E-state index contributed by atoms with van der Waals surface area (Å²) in [6.07, 6.45) is -0.0161. The number of nitrogens with one attached hydrogen (secondary N) is 1. The summed E-state index contributed by atoms with van der Waals surface area (Å²) in [7, 11) is 0. The lowest BCUT2D eigenvalue weighted by Gasteiger charge is -2.33. The van der Waals surface area contributed by atoms with Gasteiger partial charge in [0.1, 0.15) is 12.3 Å². The van der Waals surface area contributed by atoms with E-state index in [2.05, 4.69) is 5.32 Å². The Morgan fingerprint density at radius 1 is 1.45 bits per heavy atom. The van der Waals surface area contributed by atoms with E-state index >= 15 is 0 Å². The molecule has 1 atom stereocenters. The van der Waals surface area contributed by atoms with E-state index in [4.69, 9.17) is 9.84 Å². The predicted molar refractivity (Wildman–Crippen MR) is 73.6 cm³/mol. The highest BCUT2D eigenvalue weighted by Gasteiger charge is 2.33. The van der Waals surface area contributed by atoms with Crippen molar-refractivity contribution in [1.29, 1.82) is 0 Å². The summed E-state index contributed by atoms with van der Waals surface area (Å²) < 4.78 is 5.62. The molecule has 20 heavy (non-hydrogen) atoms. The predicted octanol–water partition coefficient (Wildman–Crippen LogP) is 0.299. The minimum absolute atomic E-state index is 0.0737. The van der Waals surface area contributed by atoms with E-state index in [1.54, 1.807) is 18.2 Å². The molecule has 1 aromatic carbocycles. The van der Waals surface area contributed by atoms with E-state index in [9.17, 15) is 9.59 Å². The van der Waals surface area contributed by atoms with Crippen molar-refractivity contribution >= 4 is 17.5 Å². The van der Waals surface area contributed by atoms with Crippen LogP contribution in [0.3, 0.4) is 0 Å². The summed E-state index contributed by atoms with van der Waals surface area (Å²) in [5.74, 6) is 0.0817. The Kier molecular flexibility index (Phi) is 4.57. The molecule has 0 aromatic heterocycles. The normalized spacial score (nSPS) is 17.4. The Labute approximate surface area is 117 Å². The summed E-state index contributed by atoms with van der Waals surface area (Å²) in [5.41, 5.74) is 0.598. The van der Waals surface area contributed by atoms with Gasteiger partial charge in [-0.05, 0) is 18.6 Å². The Morgan fingerprint density at radius 3 is 2.90 bits per heavy atom. The van der Waals surface area contributed by atoms with Crippen LogP contribution in [-0.2, 0) is 9.59 Å². The summed E-state index contributed by atoms with van der Waals surface area (Å²) in [6, 6.07) is 7.15. The molecule has 0 radical (unpaired) electrons. The number of hydrogen-bond acceptors (Lipinski definition) is 4. The van der Waals surface area contributed by atoms with Gasteiger partial charge < -0.3 is 15.2 Å². The number of ether oxygens (including phenoxy) is 1. The Bertz CT molecular complexity index is 504. The second-order valence-corrected chi connectivity index (χ2v) is 4.48. The molecule has 2 rings (SSSR count). The van der Waals surface area contributed by atoms with Crippen molar-refractivity contribution in [3.63, 3.8) is 0 Å². The molecule has 0 spiro atoms. The first-order valence-corrected chi connectivity index (χ1v) is 6.62. The number of carbonyl (C=O) groups is 2. The molecule has 1 aliphatic rings. The highest BCUT2D eigenvalue weighted by Crippen LogP contribution is 2.34. The minimum Gasteiger partial charge on any atom is -0.478 e. The third-order valence-corrected chi connectivity index (χ3v) is 3.07. The van der Waals surface area contributed by atoms with Gasteiger partial charge in [-0.2, -0.15) is 0 Å². The third kappa shape index (κ3) is 2.91. The van der Waals surface area contributed by atoms with Crippen LogP contribution >= 0.6 is 0 Å². The van der Waals surface area contributed by atoms with Crippen LogP contribution in [0.25, 0.3) is 0 Å². The lowest BCUT2D eigenvalue weighted by atomic mass is 10.1. The molecule has 1 heterocycles. The fourth-order valence-electron chi connectivity index (χ4n) is 2.09. The zero-order chi connectivity index (χ0) is 14.5. The summed E-state index contributed by atoms with van der Waals surface area (Å²) in [6.45, 7) is 1.84. The number of aliphatic hydroxyl groups is 1. The maximum absolute atomic E-state index is 12.3. The van der Waals surface area contributed by atoms with E-state index in [0.29, 0.717) is 17.9 Å². The smallest absolute Gasteiger partial charge is 0.268 e. The van der Waals surface area contributed by atoms with Crippen molar-refractivity contribution in [2.75, 3.05) is 24.6 Å². The number of rotatable bonds is 5. The van der Waals surface area contributed by atoms with Crippen LogP contribution in [-0.4, -0.2) is 42.7 Å². The Balaban J connectivity index is 2.20. The molecule has 0 unspecified atom stereocenters. The molecular formula is C14H18N2O4. The molecule has 2 N–H and O–H groups in total. The van der Waals surface area contributed by atoms with Crippen molar-refractivity contribution < 1.29 is 19.4 Å². The fraction of sp³-hybridized carbons (Fsp3) is 0.429. The van der Waals surface area contributed by atoms with Gasteiger partial charge in [-0.15, -0.1) is 0 Å². The largest absolute Gasteiger partial charge is 0.478 e. The summed E-state index contributed by atoms with van der Waals surface area (Å²) in [5, 5.41) is 11.2. The summed E-state index contributed by atoms with van der Waals surface area (Å²) >= 11 is 0. The SMILES string of the molecule is CC[C@@H]1Oc2ccccc2N(CC(=O)NCCO)C1=O. The van der Waals surface area contributed by atoms with Crippen LogP contribution in [0.1, 0.15) is 13.3 Å². The minimum atomic E-state index is -0.560. The molecule has 0 saturated heterocycles. The lowest BCUT2D eigenvalue weighted by Crippen LogP contribution is -2.49. The Hall–Kier alpha value is -2.08. The second-order valence-electron chi connectivity index (χ2n) is 4.48. The van der Waals surface area contributed by atoms with Gasteiger partial charge in [0.25, 0.3) is 5.91 Å². The van der Waals surface area contributed by atoms with Gasteiger partial charge in [-0.3, -0.25) is 14.5 Å². The number of amides is 2. The van der Waals surface area contributed by atoms with E-state index in [0.717, 1.165) is 0 Å². The molecule has 0 bridgehead atoms. The van der Waals surface area contributed by atoms with Crippen LogP contribution in [0, 0.1) is 0 Å². The molecule has 6 heteroatoms. The maximum atomic E-state index is 12.3. The van der Waals surface area contributed by atoms with Crippen molar-refractivity contribution in [3.8, 4) is 5.75 Å². The van der Waals surface area contributed by atoms with Gasteiger partial charge in [0.05, 0.1) is 12.3 Å². The van der Waals surface area contributed by atoms with Crippen molar-refractivity contribution in [2.24, 2.45) is 0 Å². The van der Waals surface area contributed by atoms with Gasteiger partial charge >= 0.3 is 0 Å². The third-order valence-electron chi connectivity index (χ3n) is 3.07. The van der Waals surface area contributed by atoms with E-state index in [-0.39, 0.29) is 31.5 Å². The molecule has 1 aliphatic heterocycles. The average molecular weight is 278 g/mol. The number of aliphatic hydroxyl groups excluding tert-OH is 1. The van der Waals surface area contributed by atoms with E-state index < -0.39 is 6.10 Å². The topological polar surface area (TPSA) is 78.9 Å². The average Bonchev–Trinajstić information content (AvgIpc) is 2.47. The number of benzene rings is 1. The number of carbonyl (C=O) groups excluding carboxylic acids is 2. The number of fused-ring (bicyclic) bond motifs is 1. The van der Waals surface area contributed by atoms with Gasteiger partial charge in [0.2, 0.25) is 5.91 Å². The maximum Gasteiger partial charge on any atom is 0.268 e. The molecule has 0 saturated carbocycles. The number of para-hydroxylation sites is 2. The first-order valence-electron chi connectivity index (χ1n) is 6.62. The van der Waals surface area contributed by atoms with Gasteiger partial charge in [0.15, 0.2) is 6.10 Å². The molecule has 1 aromatic rings. The van der Waals surface area contributed by atoms with Crippen molar-refractivity contribution in [2.45, 2.75) is 19.4 Å². The molecule has 108 valence electrons. The van der Waals surface area contributed by atoms with Crippen molar-refractivity contribution in [3.05, 3.63) is 24.3 Å². The van der Waals surface area contributed by atoms with Crippen LogP contribution < -0.4 is 15.0 Å². The molecule has 6 nitrogen and oxygen atoms in total. The van der Waals surface area contributed by atoms with Crippen molar-refractivity contribution in [1.82, 2.24) is 5.32 Å². The zero-order valence-electron chi connectivity index (χ0n) is 11.3. The standard InChI is InChI=1S/C14H18N2O4/c1-2-11-14(19)16(9-13(18)15-7-8-17)10-5-3-4-6-12(10)20-11/h3-6,11,17H,2,7-9H2,1H3,(H,15,18)/t11-/m0/s1. The summed E-state index contributed by atoms with van der Waals surface area (Å²) in [4.78, 5) is 25.5. The first kappa shape index (κ1) is 14.3. The van der Waals surface area contributed by atoms with Crippen LogP contribution in [0.4, 0.5) is 5.69 Å². The highest BCUT2D eigenvalue weighted by atomic mass is 16.5. The molecule has 2 amide bonds. The molecule has 0 fully saturated rings. The monoisotopic (exact) mass is 278 g/mol. The first-order chi connectivity index (χ1) is 9.67. The van der Waals surface area contributed by atoms with E-state index in [1.165, 1.54) is 4.90 Å². The van der Waals surface area contributed by atoms with Crippen LogP contribution in [0.15, 0.2) is 24.3 Å². The fourth-order valence-corrected chi connectivity index (χ4v) is 2.09. The number of hydrogen-bond donors (Lipinski definition) is 2. The number of anilines is 1. The lowest BCUT2D eigenvalue weighted by molar-refractivity contribution is -0.129.